The smallest absolute Gasteiger partial charge is 0.403 e. The van der Waals surface area contributed by atoms with Crippen LogP contribution in [-0.2, 0) is 6.42 Å². The first kappa shape index (κ1) is 24.5. The molecule has 0 radical (unpaired) electrons. The average molecular weight is 455 g/mol. The SMILES string of the molecule is CCCCC1CCC(C(C)Cc2ccc(-c3ccc(OC(F)(F)F)c(F)c3)c(F)c2)CC1. The van der Waals surface area contributed by atoms with Crippen LogP contribution in [0.5, 0.6) is 5.75 Å². The largest absolute Gasteiger partial charge is 0.573 e. The Kier molecular flexibility index (Phi) is 8.18. The first-order valence-corrected chi connectivity index (χ1v) is 11.5. The summed E-state index contributed by atoms with van der Waals surface area (Å²) in [6.07, 6.45) is 4.67. The molecule has 176 valence electrons. The molecule has 1 saturated carbocycles. The Hall–Kier alpha value is -2.11. The van der Waals surface area contributed by atoms with Gasteiger partial charge in [-0.15, -0.1) is 13.2 Å². The van der Waals surface area contributed by atoms with Gasteiger partial charge in [-0.3, -0.25) is 0 Å². The van der Waals surface area contributed by atoms with Gasteiger partial charge in [0.25, 0.3) is 0 Å². The number of unbranched alkanes of at least 4 members (excludes halogenated alkanes) is 1. The summed E-state index contributed by atoms with van der Waals surface area (Å²) in [4.78, 5) is 0. The normalized spacial score (nSPS) is 20.2. The molecular formula is C26H31F5O. The van der Waals surface area contributed by atoms with Gasteiger partial charge >= 0.3 is 6.36 Å². The first-order valence-electron chi connectivity index (χ1n) is 11.5. The lowest BCUT2D eigenvalue weighted by atomic mass is 9.73. The molecule has 32 heavy (non-hydrogen) atoms. The van der Waals surface area contributed by atoms with Crippen LogP contribution in [0.3, 0.4) is 0 Å². The van der Waals surface area contributed by atoms with Crippen LogP contribution in [0.4, 0.5) is 22.0 Å². The molecule has 0 bridgehead atoms. The highest BCUT2D eigenvalue weighted by molar-refractivity contribution is 5.65. The third kappa shape index (κ3) is 6.69. The van der Waals surface area contributed by atoms with Gasteiger partial charge in [0.15, 0.2) is 11.6 Å². The van der Waals surface area contributed by atoms with E-state index in [1.165, 1.54) is 57.1 Å². The van der Waals surface area contributed by atoms with Crippen molar-refractivity contribution in [2.24, 2.45) is 17.8 Å². The zero-order chi connectivity index (χ0) is 23.3. The van der Waals surface area contributed by atoms with E-state index in [-0.39, 0.29) is 11.1 Å². The summed E-state index contributed by atoms with van der Waals surface area (Å²) >= 11 is 0. The summed E-state index contributed by atoms with van der Waals surface area (Å²) in [5, 5.41) is 0. The Morgan fingerprint density at radius 1 is 0.969 bits per heavy atom. The lowest BCUT2D eigenvalue weighted by molar-refractivity contribution is -0.275. The molecule has 0 heterocycles. The van der Waals surface area contributed by atoms with Crippen molar-refractivity contribution < 1.29 is 26.7 Å². The molecule has 1 aliphatic rings. The Balaban J connectivity index is 1.62. The third-order valence-electron chi connectivity index (χ3n) is 6.72. The van der Waals surface area contributed by atoms with Crippen molar-refractivity contribution in [3.63, 3.8) is 0 Å². The second-order valence-electron chi connectivity index (χ2n) is 9.11. The van der Waals surface area contributed by atoms with E-state index < -0.39 is 23.7 Å². The summed E-state index contributed by atoms with van der Waals surface area (Å²) in [6, 6.07) is 7.79. The molecular weight excluding hydrogens is 423 g/mol. The van der Waals surface area contributed by atoms with Crippen molar-refractivity contribution in [1.82, 2.24) is 0 Å². The Morgan fingerprint density at radius 2 is 1.69 bits per heavy atom. The second-order valence-corrected chi connectivity index (χ2v) is 9.11. The van der Waals surface area contributed by atoms with Crippen molar-refractivity contribution in [3.8, 4) is 16.9 Å². The van der Waals surface area contributed by atoms with E-state index in [1.807, 2.05) is 6.07 Å². The topological polar surface area (TPSA) is 9.23 Å². The fourth-order valence-corrected chi connectivity index (χ4v) is 4.87. The predicted octanol–water partition coefficient (Wildman–Crippen LogP) is 8.71. The van der Waals surface area contributed by atoms with Crippen molar-refractivity contribution in [1.29, 1.82) is 0 Å². The fourth-order valence-electron chi connectivity index (χ4n) is 4.87. The molecule has 0 amide bonds. The highest BCUT2D eigenvalue weighted by Gasteiger charge is 2.32. The van der Waals surface area contributed by atoms with E-state index in [2.05, 4.69) is 18.6 Å². The zero-order valence-electron chi connectivity index (χ0n) is 18.7. The predicted molar refractivity (Wildman–Crippen MR) is 116 cm³/mol. The summed E-state index contributed by atoms with van der Waals surface area (Å²) in [5.74, 6) is -0.692. The second kappa shape index (κ2) is 10.7. The Bertz CT molecular complexity index is 884. The van der Waals surface area contributed by atoms with Crippen LogP contribution < -0.4 is 4.74 Å². The van der Waals surface area contributed by atoms with Crippen LogP contribution in [0.1, 0.15) is 64.4 Å². The van der Waals surface area contributed by atoms with Gasteiger partial charge in [0.05, 0.1) is 0 Å². The van der Waals surface area contributed by atoms with Crippen LogP contribution in [0.2, 0.25) is 0 Å². The van der Waals surface area contributed by atoms with E-state index >= 15 is 0 Å². The molecule has 0 aromatic heterocycles. The molecule has 0 spiro atoms. The molecule has 1 aliphatic carbocycles. The molecule has 1 atom stereocenters. The van der Waals surface area contributed by atoms with E-state index in [0.29, 0.717) is 11.8 Å². The zero-order valence-corrected chi connectivity index (χ0v) is 18.7. The molecule has 1 nitrogen and oxygen atoms in total. The molecule has 3 rings (SSSR count). The minimum absolute atomic E-state index is 0.148. The van der Waals surface area contributed by atoms with E-state index in [0.717, 1.165) is 30.0 Å². The lowest BCUT2D eigenvalue weighted by Crippen LogP contribution is -2.21. The summed E-state index contributed by atoms with van der Waals surface area (Å²) in [5.41, 5.74) is 1.19. The van der Waals surface area contributed by atoms with Gasteiger partial charge in [0.1, 0.15) is 5.82 Å². The third-order valence-corrected chi connectivity index (χ3v) is 6.72. The van der Waals surface area contributed by atoms with Crippen molar-refractivity contribution in [3.05, 3.63) is 53.6 Å². The average Bonchev–Trinajstić information content (AvgIpc) is 2.73. The van der Waals surface area contributed by atoms with Crippen LogP contribution in [0.25, 0.3) is 11.1 Å². The van der Waals surface area contributed by atoms with Crippen LogP contribution >= 0.6 is 0 Å². The minimum atomic E-state index is -4.99. The number of benzene rings is 2. The molecule has 0 N–H and O–H groups in total. The van der Waals surface area contributed by atoms with Gasteiger partial charge < -0.3 is 4.74 Å². The number of rotatable bonds is 8. The summed E-state index contributed by atoms with van der Waals surface area (Å²) in [7, 11) is 0. The van der Waals surface area contributed by atoms with E-state index in [4.69, 9.17) is 0 Å². The maximum absolute atomic E-state index is 14.8. The van der Waals surface area contributed by atoms with E-state index in [9.17, 15) is 22.0 Å². The van der Waals surface area contributed by atoms with Gasteiger partial charge in [-0.25, -0.2) is 8.78 Å². The molecule has 2 aromatic carbocycles. The minimum Gasteiger partial charge on any atom is -0.403 e. The van der Waals surface area contributed by atoms with Crippen molar-refractivity contribution in [2.45, 2.75) is 71.6 Å². The number of halogens is 5. The van der Waals surface area contributed by atoms with Gasteiger partial charge in [0.2, 0.25) is 0 Å². The highest BCUT2D eigenvalue weighted by Crippen LogP contribution is 2.37. The number of hydrogen-bond donors (Lipinski definition) is 0. The maximum atomic E-state index is 14.8. The van der Waals surface area contributed by atoms with Crippen LogP contribution in [0, 0.1) is 29.4 Å². The van der Waals surface area contributed by atoms with Gasteiger partial charge in [0, 0.05) is 5.56 Å². The first-order chi connectivity index (χ1) is 15.2. The molecule has 1 unspecified atom stereocenters. The summed E-state index contributed by atoms with van der Waals surface area (Å²) in [6.45, 7) is 4.45. The van der Waals surface area contributed by atoms with E-state index in [1.54, 1.807) is 6.07 Å². The maximum Gasteiger partial charge on any atom is 0.573 e. The monoisotopic (exact) mass is 454 g/mol. The molecule has 6 heteroatoms. The highest BCUT2D eigenvalue weighted by atomic mass is 19.4. The number of alkyl halides is 3. The lowest BCUT2D eigenvalue weighted by Gasteiger charge is -2.32. The van der Waals surface area contributed by atoms with Gasteiger partial charge in [-0.1, -0.05) is 64.2 Å². The fraction of sp³-hybridized carbons (Fsp3) is 0.538. The van der Waals surface area contributed by atoms with Gasteiger partial charge in [-0.2, -0.15) is 0 Å². The van der Waals surface area contributed by atoms with Gasteiger partial charge in [-0.05, 0) is 66.3 Å². The number of ether oxygens (including phenoxy) is 1. The molecule has 1 fully saturated rings. The molecule has 0 aliphatic heterocycles. The molecule has 2 aromatic rings. The number of hydrogen-bond acceptors (Lipinski definition) is 1. The van der Waals surface area contributed by atoms with Crippen LogP contribution in [0.15, 0.2) is 36.4 Å². The van der Waals surface area contributed by atoms with Crippen molar-refractivity contribution in [2.75, 3.05) is 0 Å². The standard InChI is InChI=1S/C26H31F5O/c1-3-4-5-18-6-9-20(10-7-18)17(2)14-19-8-12-22(23(27)15-19)21-11-13-25(24(28)16-21)32-26(29,30)31/h8,11-13,15-18,20H,3-7,9-10,14H2,1-2H3. The Morgan fingerprint density at radius 3 is 2.28 bits per heavy atom. The quantitative estimate of drug-likeness (QED) is 0.363. The van der Waals surface area contributed by atoms with Crippen LogP contribution in [-0.4, -0.2) is 6.36 Å². The van der Waals surface area contributed by atoms with Crippen molar-refractivity contribution >= 4 is 0 Å². The molecule has 0 saturated heterocycles. The Labute approximate surface area is 187 Å². The summed E-state index contributed by atoms with van der Waals surface area (Å²) < 4.78 is 69.3.